The Morgan fingerprint density at radius 1 is 1.18 bits per heavy atom. The average molecular weight is 380 g/mol. The van der Waals surface area contributed by atoms with Crippen molar-refractivity contribution in [3.05, 3.63) is 30.1 Å². The summed E-state index contributed by atoms with van der Waals surface area (Å²) in [5.74, 6) is 1.07. The van der Waals surface area contributed by atoms with Crippen molar-refractivity contribution in [2.45, 2.75) is 13.0 Å². The summed E-state index contributed by atoms with van der Waals surface area (Å²) < 4.78 is 7.52. The molecule has 0 amide bonds. The first-order valence-corrected chi connectivity index (χ1v) is 9.38. The lowest BCUT2D eigenvalue weighted by molar-refractivity contribution is -0.127. The molecule has 2 saturated heterocycles. The number of pyridine rings is 1. The fourth-order valence-electron chi connectivity index (χ4n) is 4.12. The van der Waals surface area contributed by atoms with Crippen LogP contribution < -0.4 is 21.7 Å². The number of aromatic nitrogens is 4. The van der Waals surface area contributed by atoms with E-state index in [0.717, 1.165) is 48.7 Å². The smallest absolute Gasteiger partial charge is 0.223 e. The molecule has 0 aromatic carbocycles. The Kier molecular flexibility index (Phi) is 3.63. The van der Waals surface area contributed by atoms with Crippen LogP contribution in [0, 0.1) is 5.41 Å². The molecule has 28 heavy (non-hydrogen) atoms. The maximum Gasteiger partial charge on any atom is 0.223 e. The first-order valence-electron chi connectivity index (χ1n) is 9.38. The van der Waals surface area contributed by atoms with Gasteiger partial charge in [-0.3, -0.25) is 0 Å². The second-order valence-electron chi connectivity index (χ2n) is 7.97. The van der Waals surface area contributed by atoms with Crippen LogP contribution in [0.25, 0.3) is 11.0 Å². The van der Waals surface area contributed by atoms with Crippen LogP contribution in [0.15, 0.2) is 24.4 Å². The summed E-state index contributed by atoms with van der Waals surface area (Å²) in [5, 5.41) is 3.37. The summed E-state index contributed by atoms with van der Waals surface area (Å²) in [5.41, 5.74) is 16.1. The number of nitrogen functional groups attached to an aromatic ring is 2. The summed E-state index contributed by atoms with van der Waals surface area (Å²) in [6.07, 6.45) is 2.03. The summed E-state index contributed by atoms with van der Waals surface area (Å²) in [6.45, 7) is 5.77. The first kappa shape index (κ1) is 17.1. The Balaban J connectivity index is 1.50. The number of nitrogens with zero attached hydrogens (tertiary/aromatic N) is 5. The Labute approximate surface area is 162 Å². The van der Waals surface area contributed by atoms with Gasteiger partial charge in [0.1, 0.15) is 11.6 Å². The minimum Gasteiger partial charge on any atom is -0.383 e. The van der Waals surface area contributed by atoms with Gasteiger partial charge < -0.3 is 31.0 Å². The predicted octanol–water partition coefficient (Wildman–Crippen LogP) is 1.54. The number of fused-ring (bicyclic) bond motifs is 1. The Morgan fingerprint density at radius 3 is 2.64 bits per heavy atom. The Morgan fingerprint density at radius 2 is 1.96 bits per heavy atom. The van der Waals surface area contributed by atoms with Crippen LogP contribution in [0.3, 0.4) is 0 Å². The maximum atomic E-state index is 5.80. The summed E-state index contributed by atoms with van der Waals surface area (Å²) in [4.78, 5) is 15.5. The zero-order valence-corrected chi connectivity index (χ0v) is 16.0. The molecule has 3 aromatic rings. The number of nitrogens with two attached hydrogens (primary N) is 2. The fourth-order valence-corrected chi connectivity index (χ4v) is 4.12. The molecule has 1 atom stereocenters. The van der Waals surface area contributed by atoms with Crippen molar-refractivity contribution in [1.82, 2.24) is 19.5 Å². The molecule has 5 N–H and O–H groups in total. The van der Waals surface area contributed by atoms with Crippen LogP contribution in [0.4, 0.5) is 23.3 Å². The monoisotopic (exact) mass is 380 g/mol. The molecule has 1 spiro atoms. The normalized spacial score (nSPS) is 18.7. The average Bonchev–Trinajstić information content (AvgIpc) is 2.91. The van der Waals surface area contributed by atoms with Crippen molar-refractivity contribution in [2.75, 3.05) is 48.0 Å². The minimum atomic E-state index is -0.0810. The first-order chi connectivity index (χ1) is 13.4. The molecule has 2 aliphatic rings. The van der Waals surface area contributed by atoms with Crippen molar-refractivity contribution < 1.29 is 4.74 Å². The number of ether oxygens (including phenoxy) is 1. The van der Waals surface area contributed by atoms with Crippen molar-refractivity contribution in [2.24, 2.45) is 12.5 Å². The van der Waals surface area contributed by atoms with Gasteiger partial charge in [-0.15, -0.1) is 0 Å². The molecule has 0 unspecified atom stereocenters. The van der Waals surface area contributed by atoms with E-state index in [9.17, 15) is 0 Å². The van der Waals surface area contributed by atoms with Crippen molar-refractivity contribution in [1.29, 1.82) is 0 Å². The summed E-state index contributed by atoms with van der Waals surface area (Å²) in [6, 6.07) is 5.86. The summed E-state index contributed by atoms with van der Waals surface area (Å²) >= 11 is 0. The van der Waals surface area contributed by atoms with Gasteiger partial charge in [0.05, 0.1) is 47.1 Å². The van der Waals surface area contributed by atoms with E-state index in [4.69, 9.17) is 21.2 Å². The van der Waals surface area contributed by atoms with Gasteiger partial charge in [0.15, 0.2) is 0 Å². The highest BCUT2D eigenvalue weighted by atomic mass is 16.5. The van der Waals surface area contributed by atoms with Gasteiger partial charge in [0.2, 0.25) is 5.95 Å². The molecule has 0 radical (unpaired) electrons. The molecular formula is C19H24N8O. The lowest BCUT2D eigenvalue weighted by Crippen LogP contribution is -2.66. The van der Waals surface area contributed by atoms with Crippen LogP contribution in [-0.4, -0.2) is 45.8 Å². The van der Waals surface area contributed by atoms with Crippen LogP contribution in [-0.2, 0) is 11.8 Å². The predicted molar refractivity (Wildman–Crippen MR) is 109 cm³/mol. The van der Waals surface area contributed by atoms with E-state index >= 15 is 0 Å². The molecule has 2 fully saturated rings. The van der Waals surface area contributed by atoms with Crippen molar-refractivity contribution >= 4 is 34.3 Å². The molecule has 0 bridgehead atoms. The van der Waals surface area contributed by atoms with Gasteiger partial charge in [-0.05, 0) is 19.1 Å². The SMILES string of the molecule is C[C@@H](Nc1cc(N)nc(N)n1)c1nc2ccn(C)c2cc1N1CC2(COC2)C1. The largest absolute Gasteiger partial charge is 0.383 e. The quantitative estimate of drug-likeness (QED) is 0.623. The van der Waals surface area contributed by atoms with E-state index in [1.54, 1.807) is 6.07 Å². The second kappa shape index (κ2) is 5.96. The maximum absolute atomic E-state index is 5.80. The molecular weight excluding hydrogens is 356 g/mol. The molecule has 5 rings (SSSR count). The molecule has 9 heteroatoms. The second-order valence-corrected chi connectivity index (χ2v) is 7.97. The van der Waals surface area contributed by atoms with E-state index in [1.807, 2.05) is 19.3 Å². The highest BCUT2D eigenvalue weighted by Gasteiger charge is 2.49. The standard InChI is InChI=1S/C19H24N8O/c1-11(22-16-6-15(20)24-18(21)25-16)17-14(27-7-19(8-27)9-28-10-19)5-13-12(23-17)3-4-26(13)2/h3-6,11H,7-10H2,1-2H3,(H5,20,21,22,24,25)/t11-/m1/s1. The van der Waals surface area contributed by atoms with Crippen molar-refractivity contribution in [3.63, 3.8) is 0 Å². The van der Waals surface area contributed by atoms with Crippen LogP contribution in [0.2, 0.25) is 0 Å². The van der Waals surface area contributed by atoms with Gasteiger partial charge in [-0.2, -0.15) is 9.97 Å². The third-order valence-electron chi connectivity index (χ3n) is 5.62. The highest BCUT2D eigenvalue weighted by Crippen LogP contribution is 2.43. The van der Waals surface area contributed by atoms with E-state index in [-0.39, 0.29) is 12.0 Å². The van der Waals surface area contributed by atoms with E-state index in [1.165, 1.54) is 0 Å². The van der Waals surface area contributed by atoms with Gasteiger partial charge >= 0.3 is 0 Å². The number of rotatable bonds is 4. The topological polar surface area (TPSA) is 120 Å². The molecule has 0 aliphatic carbocycles. The van der Waals surface area contributed by atoms with E-state index < -0.39 is 0 Å². The highest BCUT2D eigenvalue weighted by molar-refractivity contribution is 5.81. The van der Waals surface area contributed by atoms with Gasteiger partial charge in [-0.25, -0.2) is 4.98 Å². The van der Waals surface area contributed by atoms with E-state index in [2.05, 4.69) is 37.7 Å². The van der Waals surface area contributed by atoms with Crippen LogP contribution >= 0.6 is 0 Å². The van der Waals surface area contributed by atoms with Gasteiger partial charge in [0.25, 0.3) is 0 Å². The zero-order chi connectivity index (χ0) is 19.5. The fraction of sp³-hybridized carbons (Fsp3) is 0.421. The van der Waals surface area contributed by atoms with E-state index in [0.29, 0.717) is 17.1 Å². The molecule has 2 aliphatic heterocycles. The number of hydrogen-bond donors (Lipinski definition) is 3. The van der Waals surface area contributed by atoms with Crippen LogP contribution in [0.5, 0.6) is 0 Å². The van der Waals surface area contributed by atoms with Crippen molar-refractivity contribution in [3.8, 4) is 0 Å². The lowest BCUT2D eigenvalue weighted by Gasteiger charge is -2.56. The number of nitrogens with one attached hydrogen (secondary N) is 1. The molecule has 9 nitrogen and oxygen atoms in total. The summed E-state index contributed by atoms with van der Waals surface area (Å²) in [7, 11) is 2.04. The number of hydrogen-bond acceptors (Lipinski definition) is 8. The molecule has 0 saturated carbocycles. The third kappa shape index (κ3) is 2.70. The number of anilines is 4. The molecule has 3 aromatic heterocycles. The zero-order valence-electron chi connectivity index (χ0n) is 16.0. The third-order valence-corrected chi connectivity index (χ3v) is 5.62. The van der Waals surface area contributed by atoms with Crippen LogP contribution in [0.1, 0.15) is 18.7 Å². The van der Waals surface area contributed by atoms with Gasteiger partial charge in [0, 0.05) is 32.4 Å². The number of aryl methyl sites for hydroxylation is 1. The minimum absolute atomic E-state index is 0.0810. The van der Waals surface area contributed by atoms with Gasteiger partial charge in [-0.1, -0.05) is 0 Å². The lowest BCUT2D eigenvalue weighted by atomic mass is 9.77. The Bertz CT molecular complexity index is 1030. The molecule has 5 heterocycles. The molecule has 146 valence electrons. The Hall–Kier alpha value is -3.07.